The number of anilines is 1. The Labute approximate surface area is 156 Å². The molecule has 0 radical (unpaired) electrons. The lowest BCUT2D eigenvalue weighted by atomic mass is 9.96. The second-order valence-corrected chi connectivity index (χ2v) is 6.86. The van der Waals surface area contributed by atoms with Gasteiger partial charge in [0, 0.05) is 44.2 Å². The molecule has 1 saturated heterocycles. The highest BCUT2D eigenvalue weighted by atomic mass is 16.2. The van der Waals surface area contributed by atoms with E-state index < -0.39 is 5.91 Å². The van der Waals surface area contributed by atoms with Crippen molar-refractivity contribution in [2.45, 2.75) is 46.0 Å². The van der Waals surface area contributed by atoms with Crippen molar-refractivity contribution in [2.24, 2.45) is 11.7 Å². The number of amides is 2. The fraction of sp³-hybridized carbons (Fsp3) is 0.524. The molecule has 2 amide bonds. The third-order valence-electron chi connectivity index (χ3n) is 4.81. The predicted molar refractivity (Wildman–Crippen MR) is 105 cm³/mol. The van der Waals surface area contributed by atoms with E-state index >= 15 is 0 Å². The monoisotopic (exact) mass is 355 g/mol. The van der Waals surface area contributed by atoms with Crippen molar-refractivity contribution >= 4 is 17.5 Å². The lowest BCUT2D eigenvalue weighted by molar-refractivity contribution is -0.130. The fourth-order valence-electron chi connectivity index (χ4n) is 3.12. The van der Waals surface area contributed by atoms with E-state index in [1.54, 1.807) is 13.0 Å². The molecule has 1 aliphatic rings. The zero-order valence-electron chi connectivity index (χ0n) is 15.8. The maximum absolute atomic E-state index is 11.8. The van der Waals surface area contributed by atoms with Crippen molar-refractivity contribution < 1.29 is 9.59 Å². The Morgan fingerprint density at radius 2 is 2.04 bits per heavy atom. The van der Waals surface area contributed by atoms with E-state index in [0.717, 1.165) is 63.0 Å². The highest BCUT2D eigenvalue weighted by Crippen LogP contribution is 2.21. The summed E-state index contributed by atoms with van der Waals surface area (Å²) < 4.78 is 0. The van der Waals surface area contributed by atoms with Gasteiger partial charge in [-0.3, -0.25) is 9.59 Å². The third kappa shape index (κ3) is 5.80. The van der Waals surface area contributed by atoms with Crippen LogP contribution in [0.25, 0.3) is 0 Å². The first kappa shape index (κ1) is 19.8. The van der Waals surface area contributed by atoms with Gasteiger partial charge in [-0.05, 0) is 43.4 Å². The van der Waals surface area contributed by atoms with Crippen molar-refractivity contribution in [2.75, 3.05) is 25.0 Å². The fourth-order valence-corrected chi connectivity index (χ4v) is 3.12. The summed E-state index contributed by atoms with van der Waals surface area (Å²) in [6, 6.07) is 5.57. The Morgan fingerprint density at radius 1 is 1.31 bits per heavy atom. The van der Waals surface area contributed by atoms with Crippen LogP contribution in [0.15, 0.2) is 18.2 Å². The second kappa shape index (κ2) is 9.86. The van der Waals surface area contributed by atoms with Gasteiger partial charge in [-0.2, -0.15) is 0 Å². The standard InChI is InChI=1S/C21H29N3O2/c1-3-4-5-6-7-17-8-9-20(19(14-17)21(22)26)23-15-18-10-12-24(13-11-18)16(2)25/h8-9,14,18,23H,3-5,10-13,15H2,1-2H3,(H2,22,26). The molecule has 0 spiro atoms. The van der Waals surface area contributed by atoms with Crippen LogP contribution in [-0.4, -0.2) is 36.3 Å². The zero-order chi connectivity index (χ0) is 18.9. The van der Waals surface area contributed by atoms with Gasteiger partial charge in [0.1, 0.15) is 0 Å². The Morgan fingerprint density at radius 3 is 2.65 bits per heavy atom. The smallest absolute Gasteiger partial charge is 0.250 e. The van der Waals surface area contributed by atoms with Crippen LogP contribution in [0, 0.1) is 17.8 Å². The molecule has 140 valence electrons. The van der Waals surface area contributed by atoms with Gasteiger partial charge in [0.2, 0.25) is 5.91 Å². The summed E-state index contributed by atoms with van der Waals surface area (Å²) >= 11 is 0. The van der Waals surface area contributed by atoms with Gasteiger partial charge in [0.15, 0.2) is 0 Å². The molecule has 0 atom stereocenters. The first-order valence-corrected chi connectivity index (χ1v) is 9.43. The molecule has 26 heavy (non-hydrogen) atoms. The average molecular weight is 355 g/mol. The molecule has 0 bridgehead atoms. The number of unbranched alkanes of at least 4 members (excludes halogenated alkanes) is 2. The van der Waals surface area contributed by atoms with Crippen LogP contribution >= 0.6 is 0 Å². The normalized spacial score (nSPS) is 14.5. The minimum atomic E-state index is -0.448. The molecule has 3 N–H and O–H groups in total. The second-order valence-electron chi connectivity index (χ2n) is 6.86. The van der Waals surface area contributed by atoms with E-state index in [0.29, 0.717) is 11.5 Å². The number of nitrogens with one attached hydrogen (secondary N) is 1. The molecule has 5 nitrogen and oxygen atoms in total. The summed E-state index contributed by atoms with van der Waals surface area (Å²) in [7, 11) is 0. The van der Waals surface area contributed by atoms with Gasteiger partial charge in [-0.25, -0.2) is 0 Å². The van der Waals surface area contributed by atoms with Gasteiger partial charge in [0.05, 0.1) is 5.56 Å². The molecule has 0 saturated carbocycles. The predicted octanol–water partition coefficient (Wildman–Crippen LogP) is 3.00. The molecule has 1 fully saturated rings. The Kier molecular flexibility index (Phi) is 7.53. The number of hydrogen-bond acceptors (Lipinski definition) is 3. The van der Waals surface area contributed by atoms with E-state index in [9.17, 15) is 9.59 Å². The van der Waals surface area contributed by atoms with Crippen LogP contribution in [-0.2, 0) is 4.79 Å². The number of piperidine rings is 1. The quantitative estimate of drug-likeness (QED) is 0.608. The maximum atomic E-state index is 11.8. The molecule has 1 aliphatic heterocycles. The molecule has 1 aromatic rings. The molecule has 5 heteroatoms. The minimum absolute atomic E-state index is 0.142. The molecular formula is C21H29N3O2. The number of nitrogens with zero attached hydrogens (tertiary/aromatic N) is 1. The largest absolute Gasteiger partial charge is 0.384 e. The Balaban J connectivity index is 1.97. The van der Waals surface area contributed by atoms with E-state index in [1.807, 2.05) is 17.0 Å². The van der Waals surface area contributed by atoms with Crippen LogP contribution in [0.4, 0.5) is 5.69 Å². The first-order valence-electron chi connectivity index (χ1n) is 9.43. The van der Waals surface area contributed by atoms with E-state index in [4.69, 9.17) is 5.73 Å². The van der Waals surface area contributed by atoms with Crippen LogP contribution in [0.1, 0.15) is 61.9 Å². The summed E-state index contributed by atoms with van der Waals surface area (Å²) in [5.41, 5.74) is 7.60. The summed E-state index contributed by atoms with van der Waals surface area (Å²) in [5, 5.41) is 3.36. The van der Waals surface area contributed by atoms with Gasteiger partial charge in [-0.1, -0.05) is 25.2 Å². The number of nitrogens with two attached hydrogens (primary N) is 1. The summed E-state index contributed by atoms with van der Waals surface area (Å²) in [6.45, 7) is 6.13. The number of carbonyl (C=O) groups is 2. The van der Waals surface area contributed by atoms with Gasteiger partial charge < -0.3 is 16.0 Å². The lowest BCUT2D eigenvalue weighted by Gasteiger charge is -2.31. The molecule has 0 unspecified atom stereocenters. The Bertz CT molecular complexity index is 695. The van der Waals surface area contributed by atoms with E-state index in [1.165, 1.54) is 0 Å². The summed E-state index contributed by atoms with van der Waals surface area (Å²) in [5.74, 6) is 6.41. The number of primary amides is 1. The lowest BCUT2D eigenvalue weighted by Crippen LogP contribution is -2.38. The first-order chi connectivity index (χ1) is 12.5. The molecule has 1 aromatic carbocycles. The van der Waals surface area contributed by atoms with Crippen molar-refractivity contribution in [1.82, 2.24) is 4.90 Å². The molecule has 0 aromatic heterocycles. The van der Waals surface area contributed by atoms with Gasteiger partial charge in [-0.15, -0.1) is 0 Å². The van der Waals surface area contributed by atoms with Crippen molar-refractivity contribution in [3.8, 4) is 11.8 Å². The van der Waals surface area contributed by atoms with E-state index in [-0.39, 0.29) is 5.91 Å². The highest BCUT2D eigenvalue weighted by molar-refractivity contribution is 5.98. The molecule has 1 heterocycles. The highest BCUT2D eigenvalue weighted by Gasteiger charge is 2.21. The molecule has 2 rings (SSSR count). The SMILES string of the molecule is CCCCC#Cc1ccc(NCC2CCN(C(C)=O)CC2)c(C(N)=O)c1. The minimum Gasteiger partial charge on any atom is -0.384 e. The number of carbonyl (C=O) groups excluding carboxylic acids is 2. The Hall–Kier alpha value is -2.48. The topological polar surface area (TPSA) is 75.4 Å². The van der Waals surface area contributed by atoms with Crippen LogP contribution in [0.3, 0.4) is 0 Å². The van der Waals surface area contributed by atoms with Crippen molar-refractivity contribution in [1.29, 1.82) is 0 Å². The van der Waals surface area contributed by atoms with Crippen LogP contribution in [0.2, 0.25) is 0 Å². The number of benzene rings is 1. The van der Waals surface area contributed by atoms with Crippen molar-refractivity contribution in [3.63, 3.8) is 0 Å². The van der Waals surface area contributed by atoms with Gasteiger partial charge >= 0.3 is 0 Å². The van der Waals surface area contributed by atoms with Crippen molar-refractivity contribution in [3.05, 3.63) is 29.3 Å². The maximum Gasteiger partial charge on any atom is 0.250 e. The summed E-state index contributed by atoms with van der Waals surface area (Å²) in [6.07, 6.45) is 5.01. The third-order valence-corrected chi connectivity index (χ3v) is 4.81. The number of rotatable bonds is 6. The molecule has 0 aliphatic carbocycles. The zero-order valence-corrected chi connectivity index (χ0v) is 15.8. The van der Waals surface area contributed by atoms with Crippen LogP contribution < -0.4 is 11.1 Å². The number of likely N-dealkylation sites (tertiary alicyclic amines) is 1. The molecular weight excluding hydrogens is 326 g/mol. The van der Waals surface area contributed by atoms with Crippen LogP contribution in [0.5, 0.6) is 0 Å². The number of hydrogen-bond donors (Lipinski definition) is 2. The average Bonchev–Trinajstić information content (AvgIpc) is 2.64. The van der Waals surface area contributed by atoms with E-state index in [2.05, 4.69) is 24.1 Å². The van der Waals surface area contributed by atoms with Gasteiger partial charge in [0.25, 0.3) is 5.91 Å². The summed E-state index contributed by atoms with van der Waals surface area (Å²) in [4.78, 5) is 25.1.